The van der Waals surface area contributed by atoms with E-state index < -0.39 is 0 Å². The van der Waals surface area contributed by atoms with Crippen LogP contribution in [0.4, 0.5) is 0 Å². The SMILES string of the molecule is C[C@@H](c1cc(-c2ccccc2)n[nH]1)N(C)[C@H]1CCC(=O)N(Cc2ccccc2Cl)CC1. The van der Waals surface area contributed by atoms with Gasteiger partial charge < -0.3 is 4.90 Å². The molecule has 0 aliphatic carbocycles. The third-order valence-electron chi connectivity index (χ3n) is 6.40. The lowest BCUT2D eigenvalue weighted by molar-refractivity contribution is -0.131. The molecule has 0 radical (unpaired) electrons. The maximum Gasteiger partial charge on any atom is 0.222 e. The molecule has 1 aliphatic rings. The predicted octanol–water partition coefficient (Wildman–Crippen LogP) is 5.30. The summed E-state index contributed by atoms with van der Waals surface area (Å²) in [5.41, 5.74) is 4.15. The third kappa shape index (κ3) is 5.00. The highest BCUT2D eigenvalue weighted by Crippen LogP contribution is 2.28. The van der Waals surface area contributed by atoms with Crippen LogP contribution in [0.25, 0.3) is 11.3 Å². The van der Waals surface area contributed by atoms with Crippen LogP contribution in [0.15, 0.2) is 60.7 Å². The Morgan fingerprint density at radius 2 is 1.90 bits per heavy atom. The van der Waals surface area contributed by atoms with Gasteiger partial charge in [0.15, 0.2) is 0 Å². The quantitative estimate of drug-likeness (QED) is 0.570. The molecular weight excluding hydrogens is 408 g/mol. The van der Waals surface area contributed by atoms with Gasteiger partial charge in [-0.2, -0.15) is 5.10 Å². The zero-order valence-electron chi connectivity index (χ0n) is 18.1. The van der Waals surface area contributed by atoms with E-state index in [4.69, 9.17) is 11.6 Å². The number of amides is 1. The summed E-state index contributed by atoms with van der Waals surface area (Å²) in [5.74, 6) is 0.205. The summed E-state index contributed by atoms with van der Waals surface area (Å²) in [6.45, 7) is 3.51. The van der Waals surface area contributed by atoms with Crippen molar-refractivity contribution in [2.75, 3.05) is 13.6 Å². The molecule has 2 heterocycles. The lowest BCUT2D eigenvalue weighted by Gasteiger charge is -2.32. The molecule has 0 bridgehead atoms. The van der Waals surface area contributed by atoms with Gasteiger partial charge in [0, 0.05) is 42.2 Å². The van der Waals surface area contributed by atoms with E-state index >= 15 is 0 Å². The summed E-state index contributed by atoms with van der Waals surface area (Å²) < 4.78 is 0. The van der Waals surface area contributed by atoms with E-state index in [9.17, 15) is 4.79 Å². The molecule has 1 amide bonds. The molecular formula is C25H29ClN4O. The van der Waals surface area contributed by atoms with Gasteiger partial charge >= 0.3 is 0 Å². The number of likely N-dealkylation sites (tertiary alicyclic amines) is 1. The van der Waals surface area contributed by atoms with E-state index in [1.807, 2.05) is 47.4 Å². The molecule has 2 aromatic carbocycles. The number of nitrogens with zero attached hydrogens (tertiary/aromatic N) is 3. The lowest BCUT2D eigenvalue weighted by Crippen LogP contribution is -2.35. The average molecular weight is 437 g/mol. The molecule has 0 saturated carbocycles. The molecule has 1 saturated heterocycles. The number of hydrogen-bond donors (Lipinski definition) is 1. The Labute approximate surface area is 189 Å². The Kier molecular flexibility index (Phi) is 6.73. The monoisotopic (exact) mass is 436 g/mol. The number of benzene rings is 2. The first-order chi connectivity index (χ1) is 15.0. The highest BCUT2D eigenvalue weighted by atomic mass is 35.5. The molecule has 1 aliphatic heterocycles. The van der Waals surface area contributed by atoms with Gasteiger partial charge in [-0.05, 0) is 44.5 Å². The predicted molar refractivity (Wildman–Crippen MR) is 125 cm³/mol. The fraction of sp³-hybridized carbons (Fsp3) is 0.360. The Morgan fingerprint density at radius 1 is 1.16 bits per heavy atom. The standard InChI is InChI=1S/C25H29ClN4O/c1-18(23-16-24(28-27-23)19-8-4-3-5-9-19)29(2)21-12-13-25(31)30(15-14-21)17-20-10-6-7-11-22(20)26/h3-11,16,18,21H,12-15,17H2,1-2H3,(H,27,28)/t18-,21-/m0/s1. The Morgan fingerprint density at radius 3 is 2.68 bits per heavy atom. The molecule has 6 heteroatoms. The van der Waals surface area contributed by atoms with Gasteiger partial charge in [0.05, 0.1) is 11.4 Å². The van der Waals surface area contributed by atoms with E-state index in [1.165, 1.54) is 0 Å². The summed E-state index contributed by atoms with van der Waals surface area (Å²) in [7, 11) is 2.15. The van der Waals surface area contributed by atoms with Crippen LogP contribution in [0, 0.1) is 0 Å². The first-order valence-electron chi connectivity index (χ1n) is 10.9. The highest BCUT2D eigenvalue weighted by molar-refractivity contribution is 6.31. The van der Waals surface area contributed by atoms with Crippen molar-refractivity contribution < 1.29 is 4.79 Å². The number of nitrogens with one attached hydrogen (secondary N) is 1. The molecule has 162 valence electrons. The maximum atomic E-state index is 12.7. The Hall–Kier alpha value is -2.63. The second kappa shape index (κ2) is 9.67. The largest absolute Gasteiger partial charge is 0.338 e. The minimum atomic E-state index is 0.181. The van der Waals surface area contributed by atoms with Crippen LogP contribution in [0.1, 0.15) is 43.5 Å². The topological polar surface area (TPSA) is 52.2 Å². The van der Waals surface area contributed by atoms with Crippen LogP contribution < -0.4 is 0 Å². The summed E-state index contributed by atoms with van der Waals surface area (Å²) in [6.07, 6.45) is 2.36. The maximum absolute atomic E-state index is 12.7. The Bertz CT molecular complexity index is 1020. The third-order valence-corrected chi connectivity index (χ3v) is 6.77. The van der Waals surface area contributed by atoms with Gasteiger partial charge in [-0.25, -0.2) is 0 Å². The lowest BCUT2D eigenvalue weighted by atomic mass is 10.0. The number of aromatic nitrogens is 2. The van der Waals surface area contributed by atoms with Crippen LogP contribution in [-0.2, 0) is 11.3 Å². The fourth-order valence-electron chi connectivity index (χ4n) is 4.27. The van der Waals surface area contributed by atoms with E-state index in [1.54, 1.807) is 0 Å². The normalized spacial score (nSPS) is 18.3. The molecule has 4 rings (SSSR count). The van der Waals surface area contributed by atoms with Crippen molar-refractivity contribution >= 4 is 17.5 Å². The van der Waals surface area contributed by atoms with Gasteiger partial charge in [0.1, 0.15) is 0 Å². The van der Waals surface area contributed by atoms with Gasteiger partial charge in [-0.15, -0.1) is 0 Å². The van der Waals surface area contributed by atoms with E-state index in [-0.39, 0.29) is 11.9 Å². The van der Waals surface area contributed by atoms with Gasteiger partial charge in [-0.3, -0.25) is 14.8 Å². The zero-order valence-corrected chi connectivity index (χ0v) is 18.8. The summed E-state index contributed by atoms with van der Waals surface area (Å²) in [4.78, 5) is 17.1. The molecule has 1 N–H and O–H groups in total. The minimum Gasteiger partial charge on any atom is -0.338 e. The second-order valence-electron chi connectivity index (χ2n) is 8.30. The van der Waals surface area contributed by atoms with E-state index in [0.717, 1.165) is 46.9 Å². The molecule has 5 nitrogen and oxygen atoms in total. The fourth-order valence-corrected chi connectivity index (χ4v) is 4.47. The van der Waals surface area contributed by atoms with Crippen molar-refractivity contribution in [3.63, 3.8) is 0 Å². The smallest absolute Gasteiger partial charge is 0.222 e. The first-order valence-corrected chi connectivity index (χ1v) is 11.2. The summed E-state index contributed by atoms with van der Waals surface area (Å²) in [5, 5.41) is 8.44. The van der Waals surface area contributed by atoms with Crippen LogP contribution in [0.5, 0.6) is 0 Å². The molecule has 1 aromatic heterocycles. The number of hydrogen-bond acceptors (Lipinski definition) is 3. The molecule has 3 aromatic rings. The van der Waals surface area contributed by atoms with E-state index in [0.29, 0.717) is 19.0 Å². The zero-order chi connectivity index (χ0) is 21.8. The van der Waals surface area contributed by atoms with Gasteiger partial charge in [0.2, 0.25) is 5.91 Å². The number of H-pyrrole nitrogens is 1. The van der Waals surface area contributed by atoms with Crippen molar-refractivity contribution in [1.82, 2.24) is 20.0 Å². The number of rotatable bonds is 6. The molecule has 0 unspecified atom stereocenters. The van der Waals surface area contributed by atoms with Gasteiger partial charge in [0.25, 0.3) is 0 Å². The molecule has 1 fully saturated rings. The minimum absolute atomic E-state index is 0.181. The van der Waals surface area contributed by atoms with Crippen molar-refractivity contribution in [1.29, 1.82) is 0 Å². The number of halogens is 1. The number of carbonyl (C=O) groups is 1. The molecule has 2 atom stereocenters. The summed E-state index contributed by atoms with van der Waals surface area (Å²) in [6, 6.07) is 20.6. The van der Waals surface area contributed by atoms with Crippen LogP contribution in [0.3, 0.4) is 0 Å². The number of aromatic amines is 1. The second-order valence-corrected chi connectivity index (χ2v) is 8.71. The number of carbonyl (C=O) groups excluding carboxylic acids is 1. The van der Waals surface area contributed by atoms with Crippen molar-refractivity contribution in [3.05, 3.63) is 76.9 Å². The molecule has 31 heavy (non-hydrogen) atoms. The van der Waals surface area contributed by atoms with Gasteiger partial charge in [-0.1, -0.05) is 60.1 Å². The van der Waals surface area contributed by atoms with Crippen LogP contribution in [-0.4, -0.2) is 45.5 Å². The van der Waals surface area contributed by atoms with Crippen molar-refractivity contribution in [2.24, 2.45) is 0 Å². The van der Waals surface area contributed by atoms with Crippen LogP contribution >= 0.6 is 11.6 Å². The van der Waals surface area contributed by atoms with Crippen molar-refractivity contribution in [3.8, 4) is 11.3 Å². The highest BCUT2D eigenvalue weighted by Gasteiger charge is 2.28. The Balaban J connectivity index is 1.41. The van der Waals surface area contributed by atoms with E-state index in [2.05, 4.69) is 47.3 Å². The first kappa shape index (κ1) is 21.6. The average Bonchev–Trinajstić information content (AvgIpc) is 3.22. The van der Waals surface area contributed by atoms with Crippen LogP contribution in [0.2, 0.25) is 5.02 Å². The molecule has 0 spiro atoms. The van der Waals surface area contributed by atoms with Crippen molar-refractivity contribution in [2.45, 2.75) is 44.8 Å². The summed E-state index contributed by atoms with van der Waals surface area (Å²) >= 11 is 6.31.